The fourth-order valence-corrected chi connectivity index (χ4v) is 5.37. The number of benzene rings is 2. The largest absolute Gasteiger partial charge is 0.326 e. The average Bonchev–Trinajstić information content (AvgIpc) is 3.01. The fraction of sp³-hybridized carbons (Fsp3) is 0.286. The van der Waals surface area contributed by atoms with Crippen LogP contribution in [0.4, 0.5) is 5.69 Å². The minimum absolute atomic E-state index is 0.0703. The highest BCUT2D eigenvalue weighted by Crippen LogP contribution is 2.31. The molecule has 1 aliphatic heterocycles. The Morgan fingerprint density at radius 3 is 2.37 bits per heavy atom. The van der Waals surface area contributed by atoms with E-state index in [9.17, 15) is 18.0 Å². The molecule has 0 aliphatic carbocycles. The third-order valence-electron chi connectivity index (χ3n) is 4.59. The standard InChI is InChI=1S/C21H23N3O4S2/c1-3-15-10-12-17(13-11-15)30(27,28)23-21-24(4-2)20(26)18(29-21)14-19(25)22-16-8-6-5-7-9-16/h5-13,18H,3-4,14H2,1-2H3,(H,22,25)/t18-/m1/s1. The van der Waals surface area contributed by atoms with Gasteiger partial charge in [0.05, 0.1) is 4.90 Å². The molecule has 9 heteroatoms. The van der Waals surface area contributed by atoms with Gasteiger partial charge in [-0.1, -0.05) is 49.0 Å². The van der Waals surface area contributed by atoms with Gasteiger partial charge in [0.25, 0.3) is 10.0 Å². The molecule has 3 rings (SSSR count). The number of amides is 2. The lowest BCUT2D eigenvalue weighted by atomic mass is 10.2. The van der Waals surface area contributed by atoms with Gasteiger partial charge in [0, 0.05) is 18.7 Å². The molecule has 0 unspecified atom stereocenters. The van der Waals surface area contributed by atoms with Crippen LogP contribution in [-0.2, 0) is 26.0 Å². The number of carbonyl (C=O) groups is 2. The molecule has 1 aliphatic rings. The summed E-state index contributed by atoms with van der Waals surface area (Å²) in [6.07, 6.45) is 0.731. The van der Waals surface area contributed by atoms with Gasteiger partial charge in [-0.25, -0.2) is 0 Å². The third-order valence-corrected chi connectivity index (χ3v) is 7.16. The number of para-hydroxylation sites is 1. The smallest absolute Gasteiger partial charge is 0.284 e. The van der Waals surface area contributed by atoms with Gasteiger partial charge in [0.15, 0.2) is 5.17 Å². The molecular formula is C21H23N3O4S2. The number of sulfonamides is 1. The number of carbonyl (C=O) groups excluding carboxylic acids is 2. The normalized spacial score (nSPS) is 18.1. The summed E-state index contributed by atoms with van der Waals surface area (Å²) >= 11 is 1.01. The van der Waals surface area contributed by atoms with Crippen LogP contribution in [0.1, 0.15) is 25.8 Å². The Labute approximate surface area is 180 Å². The number of anilines is 1. The number of nitrogens with zero attached hydrogens (tertiary/aromatic N) is 2. The summed E-state index contributed by atoms with van der Waals surface area (Å²) in [7, 11) is -3.96. The molecule has 1 N–H and O–H groups in total. The molecule has 0 spiro atoms. The Morgan fingerprint density at radius 2 is 1.77 bits per heavy atom. The van der Waals surface area contributed by atoms with E-state index in [0.29, 0.717) is 5.69 Å². The second-order valence-corrected chi connectivity index (χ2v) is 9.43. The van der Waals surface area contributed by atoms with E-state index in [4.69, 9.17) is 0 Å². The van der Waals surface area contributed by atoms with Crippen LogP contribution in [0, 0.1) is 0 Å². The van der Waals surface area contributed by atoms with Crippen molar-refractivity contribution in [1.82, 2.24) is 4.90 Å². The molecule has 30 heavy (non-hydrogen) atoms. The minimum atomic E-state index is -3.96. The number of nitrogens with one attached hydrogen (secondary N) is 1. The van der Waals surface area contributed by atoms with Crippen LogP contribution in [-0.4, -0.2) is 42.1 Å². The number of amidine groups is 1. The van der Waals surface area contributed by atoms with Crippen LogP contribution in [0.25, 0.3) is 0 Å². The lowest BCUT2D eigenvalue weighted by Crippen LogP contribution is -2.33. The van der Waals surface area contributed by atoms with Crippen molar-refractivity contribution in [3.63, 3.8) is 0 Å². The van der Waals surface area contributed by atoms with Crippen LogP contribution in [0.2, 0.25) is 0 Å². The quantitative estimate of drug-likeness (QED) is 0.706. The SMILES string of the molecule is CCc1ccc(S(=O)(=O)N=C2S[C@H](CC(=O)Nc3ccccc3)C(=O)N2CC)cc1. The summed E-state index contributed by atoms with van der Waals surface area (Å²) in [5, 5.41) is 2.12. The molecular weight excluding hydrogens is 422 g/mol. The molecule has 1 heterocycles. The summed E-state index contributed by atoms with van der Waals surface area (Å²) in [6, 6.07) is 15.5. The molecule has 0 aromatic heterocycles. The molecule has 1 saturated heterocycles. The van der Waals surface area contributed by atoms with Gasteiger partial charge in [-0.2, -0.15) is 8.42 Å². The second-order valence-electron chi connectivity index (χ2n) is 6.65. The van der Waals surface area contributed by atoms with Gasteiger partial charge >= 0.3 is 0 Å². The van der Waals surface area contributed by atoms with Crippen LogP contribution >= 0.6 is 11.8 Å². The first-order valence-electron chi connectivity index (χ1n) is 9.61. The first kappa shape index (κ1) is 22.0. The Kier molecular flexibility index (Phi) is 6.94. The molecule has 0 saturated carbocycles. The van der Waals surface area contributed by atoms with E-state index in [1.165, 1.54) is 17.0 Å². The van der Waals surface area contributed by atoms with E-state index >= 15 is 0 Å². The Hall–Kier alpha value is -2.65. The fourth-order valence-electron chi connectivity index (χ4n) is 2.95. The maximum atomic E-state index is 12.7. The van der Waals surface area contributed by atoms with E-state index in [-0.39, 0.29) is 34.8 Å². The molecule has 2 amide bonds. The van der Waals surface area contributed by atoms with Crippen molar-refractivity contribution in [2.45, 2.75) is 36.8 Å². The first-order chi connectivity index (χ1) is 14.3. The predicted molar refractivity (Wildman–Crippen MR) is 119 cm³/mol. The van der Waals surface area contributed by atoms with Gasteiger partial charge in [-0.3, -0.25) is 14.5 Å². The van der Waals surface area contributed by atoms with E-state index in [0.717, 1.165) is 23.7 Å². The highest BCUT2D eigenvalue weighted by molar-refractivity contribution is 8.16. The molecule has 1 fully saturated rings. The van der Waals surface area contributed by atoms with Crippen LogP contribution in [0.5, 0.6) is 0 Å². The van der Waals surface area contributed by atoms with Crippen molar-refractivity contribution in [2.75, 3.05) is 11.9 Å². The van der Waals surface area contributed by atoms with Crippen molar-refractivity contribution in [2.24, 2.45) is 4.40 Å². The van der Waals surface area contributed by atoms with Crippen molar-refractivity contribution >= 4 is 44.5 Å². The molecule has 158 valence electrons. The van der Waals surface area contributed by atoms with Gasteiger partial charge in [-0.05, 0) is 43.2 Å². The molecule has 1 atom stereocenters. The molecule has 7 nitrogen and oxygen atoms in total. The summed E-state index contributed by atoms with van der Waals surface area (Å²) in [5.41, 5.74) is 1.66. The molecule has 2 aromatic carbocycles. The minimum Gasteiger partial charge on any atom is -0.326 e. The summed E-state index contributed by atoms with van der Waals surface area (Å²) in [6.45, 7) is 3.99. The highest BCUT2D eigenvalue weighted by atomic mass is 32.2. The maximum Gasteiger partial charge on any atom is 0.284 e. The summed E-state index contributed by atoms with van der Waals surface area (Å²) in [4.78, 5) is 26.4. The summed E-state index contributed by atoms with van der Waals surface area (Å²) in [5.74, 6) is -0.636. The number of hydrogen-bond acceptors (Lipinski definition) is 5. The van der Waals surface area contributed by atoms with Crippen molar-refractivity contribution < 1.29 is 18.0 Å². The van der Waals surface area contributed by atoms with Crippen LogP contribution < -0.4 is 5.32 Å². The lowest BCUT2D eigenvalue weighted by Gasteiger charge is -2.13. The van der Waals surface area contributed by atoms with Gasteiger partial charge < -0.3 is 5.32 Å². The number of hydrogen-bond donors (Lipinski definition) is 1. The van der Waals surface area contributed by atoms with E-state index in [1.807, 2.05) is 13.0 Å². The topological polar surface area (TPSA) is 95.9 Å². The highest BCUT2D eigenvalue weighted by Gasteiger charge is 2.39. The van der Waals surface area contributed by atoms with E-state index in [1.54, 1.807) is 43.3 Å². The molecule has 0 radical (unpaired) electrons. The summed E-state index contributed by atoms with van der Waals surface area (Å²) < 4.78 is 29.3. The van der Waals surface area contributed by atoms with Crippen molar-refractivity contribution in [1.29, 1.82) is 0 Å². The third kappa shape index (κ3) is 5.09. The maximum absolute atomic E-state index is 12.7. The number of thioether (sulfide) groups is 1. The zero-order chi connectivity index (χ0) is 21.7. The van der Waals surface area contributed by atoms with Crippen LogP contribution in [0.15, 0.2) is 63.9 Å². The molecule has 0 bridgehead atoms. The second kappa shape index (κ2) is 9.44. The number of rotatable bonds is 7. The van der Waals surface area contributed by atoms with Crippen LogP contribution in [0.3, 0.4) is 0 Å². The van der Waals surface area contributed by atoms with Gasteiger partial charge in [0.1, 0.15) is 5.25 Å². The Balaban J connectivity index is 1.76. The van der Waals surface area contributed by atoms with Crippen molar-refractivity contribution in [3.05, 3.63) is 60.2 Å². The zero-order valence-electron chi connectivity index (χ0n) is 16.7. The Bertz CT molecular complexity index is 1050. The van der Waals surface area contributed by atoms with Gasteiger partial charge in [0.2, 0.25) is 11.8 Å². The average molecular weight is 446 g/mol. The van der Waals surface area contributed by atoms with E-state index < -0.39 is 15.3 Å². The van der Waals surface area contributed by atoms with Gasteiger partial charge in [-0.15, -0.1) is 4.40 Å². The van der Waals surface area contributed by atoms with Crippen molar-refractivity contribution in [3.8, 4) is 0 Å². The monoisotopic (exact) mass is 445 g/mol. The predicted octanol–water partition coefficient (Wildman–Crippen LogP) is 3.29. The number of aryl methyl sites for hydroxylation is 1. The lowest BCUT2D eigenvalue weighted by molar-refractivity contribution is -0.128. The first-order valence-corrected chi connectivity index (χ1v) is 11.9. The molecule has 2 aromatic rings. The Morgan fingerprint density at radius 1 is 1.10 bits per heavy atom. The zero-order valence-corrected chi connectivity index (χ0v) is 18.4. The van der Waals surface area contributed by atoms with E-state index in [2.05, 4.69) is 9.71 Å².